The fraction of sp³-hybridized carbons (Fsp3) is 0.400. The Labute approximate surface area is 103 Å². The molecule has 0 saturated heterocycles. The Morgan fingerprint density at radius 2 is 2.00 bits per heavy atom. The van der Waals surface area contributed by atoms with Crippen LogP contribution >= 0.6 is 15.9 Å². The van der Waals surface area contributed by atoms with Gasteiger partial charge in [0.25, 0.3) is 0 Å². The van der Waals surface area contributed by atoms with E-state index in [4.69, 9.17) is 0 Å². The summed E-state index contributed by atoms with van der Waals surface area (Å²) < 4.78 is 38.9. The van der Waals surface area contributed by atoms with Crippen LogP contribution in [0.4, 0.5) is 4.39 Å². The minimum atomic E-state index is -3.31. The first kappa shape index (κ1) is 13.6. The highest BCUT2D eigenvalue weighted by molar-refractivity contribution is 9.10. The summed E-state index contributed by atoms with van der Waals surface area (Å²) in [4.78, 5) is 0. The molecule has 0 aliphatic heterocycles. The lowest BCUT2D eigenvalue weighted by molar-refractivity contribution is 0.571. The van der Waals surface area contributed by atoms with Crippen LogP contribution in [-0.4, -0.2) is 13.7 Å². The topological polar surface area (TPSA) is 46.2 Å². The molecule has 0 aromatic heterocycles. The van der Waals surface area contributed by atoms with Crippen LogP contribution in [0.1, 0.15) is 19.4 Å². The highest BCUT2D eigenvalue weighted by atomic mass is 79.9. The quantitative estimate of drug-likeness (QED) is 0.928. The third kappa shape index (κ3) is 3.84. The van der Waals surface area contributed by atoms with Gasteiger partial charge in [0.2, 0.25) is 10.0 Å². The predicted molar refractivity (Wildman–Crippen MR) is 65.0 cm³/mol. The van der Waals surface area contributed by atoms with E-state index in [1.54, 1.807) is 19.9 Å². The normalized spacial score (nSPS) is 12.1. The van der Waals surface area contributed by atoms with E-state index in [1.165, 1.54) is 12.1 Å². The van der Waals surface area contributed by atoms with Crippen molar-refractivity contribution in [2.75, 3.05) is 0 Å². The molecule has 3 nitrogen and oxygen atoms in total. The molecule has 0 fully saturated rings. The predicted octanol–water partition coefficient (Wildman–Crippen LogP) is 2.42. The van der Waals surface area contributed by atoms with Gasteiger partial charge in [-0.3, -0.25) is 0 Å². The second kappa shape index (κ2) is 5.25. The molecular formula is C10H13BrFNO2S. The zero-order valence-electron chi connectivity index (χ0n) is 9.00. The SMILES string of the molecule is CC(C)S(=O)(=O)NCc1cc(F)cc(Br)c1. The van der Waals surface area contributed by atoms with Gasteiger partial charge < -0.3 is 0 Å². The molecule has 0 unspecified atom stereocenters. The summed E-state index contributed by atoms with van der Waals surface area (Å²) in [7, 11) is -3.31. The Morgan fingerprint density at radius 1 is 1.38 bits per heavy atom. The molecular weight excluding hydrogens is 297 g/mol. The van der Waals surface area contributed by atoms with Crippen LogP contribution in [0.5, 0.6) is 0 Å². The Balaban J connectivity index is 2.76. The minimum Gasteiger partial charge on any atom is -0.212 e. The molecule has 0 aliphatic carbocycles. The van der Waals surface area contributed by atoms with E-state index < -0.39 is 21.1 Å². The van der Waals surface area contributed by atoms with E-state index in [0.29, 0.717) is 10.0 Å². The number of benzene rings is 1. The first-order valence-electron chi connectivity index (χ1n) is 4.74. The van der Waals surface area contributed by atoms with Crippen LogP contribution in [0.2, 0.25) is 0 Å². The van der Waals surface area contributed by atoms with Crippen molar-refractivity contribution in [2.24, 2.45) is 0 Å². The summed E-state index contributed by atoms with van der Waals surface area (Å²) in [5.74, 6) is -0.395. The molecule has 0 radical (unpaired) electrons. The van der Waals surface area contributed by atoms with Gasteiger partial charge in [0, 0.05) is 11.0 Å². The van der Waals surface area contributed by atoms with Gasteiger partial charge in [0.05, 0.1) is 5.25 Å². The summed E-state index contributed by atoms with van der Waals surface area (Å²) in [5.41, 5.74) is 0.580. The summed E-state index contributed by atoms with van der Waals surface area (Å²) in [6, 6.07) is 4.29. The second-order valence-corrected chi connectivity index (χ2v) is 6.93. The lowest BCUT2D eigenvalue weighted by atomic mass is 10.2. The lowest BCUT2D eigenvalue weighted by Crippen LogP contribution is -2.30. The average Bonchev–Trinajstić information content (AvgIpc) is 2.13. The molecule has 1 aromatic carbocycles. The molecule has 0 amide bonds. The van der Waals surface area contributed by atoms with E-state index in [-0.39, 0.29) is 6.54 Å². The van der Waals surface area contributed by atoms with Gasteiger partial charge >= 0.3 is 0 Å². The number of sulfonamides is 1. The monoisotopic (exact) mass is 309 g/mol. The molecule has 90 valence electrons. The Hall–Kier alpha value is -0.460. The summed E-state index contributed by atoms with van der Waals surface area (Å²) in [6.45, 7) is 3.27. The highest BCUT2D eigenvalue weighted by Crippen LogP contribution is 2.15. The molecule has 0 spiro atoms. The lowest BCUT2D eigenvalue weighted by Gasteiger charge is -2.09. The standard InChI is InChI=1S/C10H13BrFNO2S/c1-7(2)16(14,15)13-6-8-3-9(11)5-10(12)4-8/h3-5,7,13H,6H2,1-2H3. The Kier molecular flexibility index (Phi) is 4.46. The first-order valence-corrected chi connectivity index (χ1v) is 7.08. The molecule has 6 heteroatoms. The summed E-state index contributed by atoms with van der Waals surface area (Å²) >= 11 is 3.15. The van der Waals surface area contributed by atoms with Gasteiger partial charge in [-0.1, -0.05) is 15.9 Å². The van der Waals surface area contributed by atoms with E-state index >= 15 is 0 Å². The first-order chi connectivity index (χ1) is 7.31. The number of halogens is 2. The van der Waals surface area contributed by atoms with Gasteiger partial charge in [-0.15, -0.1) is 0 Å². The maximum atomic E-state index is 13.0. The third-order valence-electron chi connectivity index (χ3n) is 2.02. The van der Waals surface area contributed by atoms with E-state index in [0.717, 1.165) is 0 Å². The zero-order valence-corrected chi connectivity index (χ0v) is 11.4. The summed E-state index contributed by atoms with van der Waals surface area (Å²) in [6.07, 6.45) is 0. The maximum absolute atomic E-state index is 13.0. The molecule has 1 aromatic rings. The minimum absolute atomic E-state index is 0.0941. The van der Waals surface area contributed by atoms with Gasteiger partial charge in [-0.2, -0.15) is 0 Å². The van der Waals surface area contributed by atoms with Crippen molar-refractivity contribution in [3.05, 3.63) is 34.1 Å². The van der Waals surface area contributed by atoms with Crippen LogP contribution in [-0.2, 0) is 16.6 Å². The van der Waals surface area contributed by atoms with Crippen LogP contribution in [0.15, 0.2) is 22.7 Å². The molecule has 0 saturated carbocycles. The molecule has 0 bridgehead atoms. The number of nitrogens with one attached hydrogen (secondary N) is 1. The van der Waals surface area contributed by atoms with E-state index in [2.05, 4.69) is 20.7 Å². The van der Waals surface area contributed by atoms with Crippen LogP contribution in [0, 0.1) is 5.82 Å². The smallest absolute Gasteiger partial charge is 0.212 e. The fourth-order valence-electron chi connectivity index (χ4n) is 1.06. The summed E-state index contributed by atoms with van der Waals surface area (Å²) in [5, 5.41) is -0.496. The molecule has 16 heavy (non-hydrogen) atoms. The number of rotatable bonds is 4. The van der Waals surface area contributed by atoms with Crippen molar-refractivity contribution in [2.45, 2.75) is 25.6 Å². The maximum Gasteiger partial charge on any atom is 0.214 e. The van der Waals surface area contributed by atoms with Gasteiger partial charge in [0.15, 0.2) is 0 Å². The van der Waals surface area contributed by atoms with Crippen molar-refractivity contribution in [3.63, 3.8) is 0 Å². The van der Waals surface area contributed by atoms with Gasteiger partial charge in [0.1, 0.15) is 5.82 Å². The molecule has 0 aliphatic rings. The van der Waals surface area contributed by atoms with Crippen LogP contribution in [0.3, 0.4) is 0 Å². The average molecular weight is 310 g/mol. The van der Waals surface area contributed by atoms with Crippen molar-refractivity contribution in [3.8, 4) is 0 Å². The van der Waals surface area contributed by atoms with E-state index in [9.17, 15) is 12.8 Å². The largest absolute Gasteiger partial charge is 0.214 e. The van der Waals surface area contributed by atoms with Crippen molar-refractivity contribution in [1.82, 2.24) is 4.72 Å². The van der Waals surface area contributed by atoms with Gasteiger partial charge in [-0.25, -0.2) is 17.5 Å². The van der Waals surface area contributed by atoms with Crippen molar-refractivity contribution in [1.29, 1.82) is 0 Å². The molecule has 1 rings (SSSR count). The molecule has 0 atom stereocenters. The van der Waals surface area contributed by atoms with E-state index in [1.807, 2.05) is 0 Å². The molecule has 0 heterocycles. The Morgan fingerprint density at radius 3 is 2.50 bits per heavy atom. The van der Waals surface area contributed by atoms with Gasteiger partial charge in [-0.05, 0) is 37.6 Å². The van der Waals surface area contributed by atoms with Crippen molar-refractivity contribution >= 4 is 26.0 Å². The van der Waals surface area contributed by atoms with Crippen LogP contribution < -0.4 is 4.72 Å². The highest BCUT2D eigenvalue weighted by Gasteiger charge is 2.14. The third-order valence-corrected chi connectivity index (χ3v) is 4.27. The Bertz CT molecular complexity index is 453. The second-order valence-electron chi connectivity index (χ2n) is 3.69. The van der Waals surface area contributed by atoms with Crippen molar-refractivity contribution < 1.29 is 12.8 Å². The van der Waals surface area contributed by atoms with Crippen LogP contribution in [0.25, 0.3) is 0 Å². The fourth-order valence-corrected chi connectivity index (χ4v) is 2.28. The number of hydrogen-bond acceptors (Lipinski definition) is 2. The molecule has 1 N–H and O–H groups in total. The zero-order chi connectivity index (χ0) is 12.3. The number of hydrogen-bond donors (Lipinski definition) is 1.